The van der Waals surface area contributed by atoms with E-state index in [4.69, 9.17) is 8.92 Å². The molecule has 1 saturated heterocycles. The van der Waals surface area contributed by atoms with Crippen molar-refractivity contribution in [2.75, 3.05) is 24.2 Å². The van der Waals surface area contributed by atoms with E-state index in [2.05, 4.69) is 0 Å². The number of methoxy groups -OCH3 is 1. The second-order valence-corrected chi connectivity index (χ2v) is 9.47. The van der Waals surface area contributed by atoms with Crippen molar-refractivity contribution in [1.29, 1.82) is 0 Å². The van der Waals surface area contributed by atoms with E-state index in [1.54, 1.807) is 18.2 Å². The topological polar surface area (TPSA) is 139 Å². The second-order valence-electron chi connectivity index (χ2n) is 6.30. The molecule has 2 aromatic rings. The fraction of sp³-hybridized carbons (Fsp3) is 0.235. The van der Waals surface area contributed by atoms with Gasteiger partial charge >= 0.3 is 20.3 Å². The summed E-state index contributed by atoms with van der Waals surface area (Å²) in [5.41, 5.74) is 1.02. The number of hydrogen-bond donors (Lipinski definition) is 2. The molecule has 1 heterocycles. The number of benzene rings is 2. The molecule has 29 heavy (non-hydrogen) atoms. The molecule has 156 valence electrons. The van der Waals surface area contributed by atoms with Crippen LogP contribution < -0.4 is 17.9 Å². The Morgan fingerprint density at radius 2 is 1.93 bits per heavy atom. The molecule has 1 amide bonds. The normalized spacial score (nSPS) is 15.8. The van der Waals surface area contributed by atoms with Crippen LogP contribution in [0, 0.1) is 0 Å². The molecule has 0 aliphatic carbocycles. The van der Waals surface area contributed by atoms with Gasteiger partial charge in [-0.25, -0.2) is 9.03 Å². The molecule has 0 spiro atoms. The Hall–Kier alpha value is -2.99. The van der Waals surface area contributed by atoms with Gasteiger partial charge in [-0.3, -0.25) is 4.79 Å². The average Bonchev–Trinajstić information content (AvgIpc) is 2.87. The van der Waals surface area contributed by atoms with Crippen LogP contribution in [0.1, 0.15) is 11.1 Å². The molecule has 0 bridgehead atoms. The highest BCUT2D eigenvalue weighted by Gasteiger charge is 2.35. The number of nitrogens with one attached hydrogen (secondary N) is 1. The molecule has 1 fully saturated rings. The summed E-state index contributed by atoms with van der Waals surface area (Å²) in [6.07, 6.45) is 1.11. The molecular weight excluding hydrogens is 424 g/mol. The minimum atomic E-state index is -4.05. The van der Waals surface area contributed by atoms with Gasteiger partial charge in [0.15, 0.2) is 0 Å². The van der Waals surface area contributed by atoms with Crippen LogP contribution in [0.2, 0.25) is 0 Å². The predicted octanol–water partition coefficient (Wildman–Crippen LogP) is 0.511. The van der Waals surface area contributed by atoms with Crippen LogP contribution in [0.5, 0.6) is 17.2 Å². The van der Waals surface area contributed by atoms with Gasteiger partial charge in [0.1, 0.15) is 23.8 Å². The van der Waals surface area contributed by atoms with Crippen molar-refractivity contribution >= 4 is 31.9 Å². The van der Waals surface area contributed by atoms with Crippen molar-refractivity contribution in [3.05, 3.63) is 47.5 Å². The first-order valence-corrected chi connectivity index (χ1v) is 11.5. The van der Waals surface area contributed by atoms with Crippen LogP contribution in [0.4, 0.5) is 5.69 Å². The first-order chi connectivity index (χ1) is 13.5. The van der Waals surface area contributed by atoms with Crippen molar-refractivity contribution in [1.82, 2.24) is 4.72 Å². The van der Waals surface area contributed by atoms with Crippen molar-refractivity contribution in [3.8, 4) is 17.2 Å². The number of nitrogens with zero attached hydrogens (tertiary/aromatic N) is 1. The minimum Gasteiger partial charge on any atom is -0.506 e. The summed E-state index contributed by atoms with van der Waals surface area (Å²) in [5, 5.41) is 10.3. The number of phenolic OH excluding ortho intramolecular Hbond substituents is 1. The summed E-state index contributed by atoms with van der Waals surface area (Å²) < 4.78 is 59.6. The van der Waals surface area contributed by atoms with Crippen LogP contribution in [-0.4, -0.2) is 47.8 Å². The zero-order valence-electron chi connectivity index (χ0n) is 15.4. The Morgan fingerprint density at radius 3 is 2.48 bits per heavy atom. The van der Waals surface area contributed by atoms with Crippen LogP contribution in [-0.2, 0) is 31.5 Å². The lowest BCUT2D eigenvalue weighted by molar-refractivity contribution is -0.117. The maximum atomic E-state index is 11.9. The van der Waals surface area contributed by atoms with Crippen LogP contribution in [0.25, 0.3) is 0 Å². The summed E-state index contributed by atoms with van der Waals surface area (Å²) in [6.45, 7) is -0.430. The number of carbonyl (C=O) groups is 1. The van der Waals surface area contributed by atoms with Crippen LogP contribution in [0.3, 0.4) is 0 Å². The maximum Gasteiger partial charge on any atom is 0.326 e. The molecular formula is C17H18N2O8S2. The number of hydrogen-bond acceptors (Lipinski definition) is 8. The van der Waals surface area contributed by atoms with Crippen LogP contribution >= 0.6 is 0 Å². The van der Waals surface area contributed by atoms with Crippen molar-refractivity contribution in [3.63, 3.8) is 0 Å². The molecule has 1 aliphatic rings. The van der Waals surface area contributed by atoms with E-state index in [0.717, 1.165) is 10.6 Å². The Kier molecular flexibility index (Phi) is 5.32. The zero-order valence-corrected chi connectivity index (χ0v) is 17.1. The highest BCUT2D eigenvalue weighted by atomic mass is 32.2. The Morgan fingerprint density at radius 1 is 1.21 bits per heavy atom. The van der Waals surface area contributed by atoms with Gasteiger partial charge in [0, 0.05) is 18.1 Å². The predicted molar refractivity (Wildman–Crippen MR) is 104 cm³/mol. The van der Waals surface area contributed by atoms with Crippen molar-refractivity contribution < 1.29 is 35.7 Å². The zero-order chi connectivity index (χ0) is 21.4. The summed E-state index contributed by atoms with van der Waals surface area (Å²) in [5.74, 6) is -0.565. The first-order valence-electron chi connectivity index (χ1n) is 8.20. The molecule has 0 saturated carbocycles. The summed E-state index contributed by atoms with van der Waals surface area (Å²) >= 11 is 0. The lowest BCUT2D eigenvalue weighted by atomic mass is 10.0. The maximum absolute atomic E-state index is 11.9. The van der Waals surface area contributed by atoms with E-state index in [0.29, 0.717) is 16.9 Å². The Bertz CT molecular complexity index is 1180. The molecule has 10 nitrogen and oxygen atoms in total. The monoisotopic (exact) mass is 442 g/mol. The van der Waals surface area contributed by atoms with E-state index >= 15 is 0 Å². The molecule has 3 rings (SSSR count). The third-order valence-corrected chi connectivity index (χ3v) is 5.91. The molecule has 2 aromatic carbocycles. The van der Waals surface area contributed by atoms with Gasteiger partial charge in [-0.05, 0) is 23.8 Å². The molecule has 0 radical (unpaired) electrons. The quantitative estimate of drug-likeness (QED) is 0.617. The molecule has 12 heteroatoms. The number of amides is 1. The van der Waals surface area contributed by atoms with Gasteiger partial charge in [-0.1, -0.05) is 12.1 Å². The Labute approximate surface area is 168 Å². The van der Waals surface area contributed by atoms with Gasteiger partial charge in [0.25, 0.3) is 5.91 Å². The standard InChI is InChI=1S/C17H18N2O8S2/c1-26-13-5-4-12(16(9-13)27-28(2,22)23)7-11-3-6-14(15(20)8-11)19-10-17(21)18-29(19,24)25/h3-6,8-9,20H,7,10H2,1-2H3,(H,18,21). The van der Waals surface area contributed by atoms with E-state index in [-0.39, 0.29) is 23.6 Å². The van der Waals surface area contributed by atoms with Crippen molar-refractivity contribution in [2.45, 2.75) is 6.42 Å². The third-order valence-electron chi connectivity index (χ3n) is 4.04. The molecule has 0 aromatic heterocycles. The van der Waals surface area contributed by atoms with Gasteiger partial charge in [0.2, 0.25) is 0 Å². The van der Waals surface area contributed by atoms with E-state index in [1.165, 1.54) is 25.3 Å². The third kappa shape index (κ3) is 4.71. The summed E-state index contributed by atoms with van der Waals surface area (Å²) in [6, 6.07) is 8.94. The summed E-state index contributed by atoms with van der Waals surface area (Å²) in [4.78, 5) is 11.4. The molecule has 1 aliphatic heterocycles. The van der Waals surface area contributed by atoms with Gasteiger partial charge in [0.05, 0.1) is 19.1 Å². The number of ether oxygens (including phenoxy) is 1. The van der Waals surface area contributed by atoms with Crippen molar-refractivity contribution in [2.24, 2.45) is 0 Å². The lowest BCUT2D eigenvalue weighted by Crippen LogP contribution is -2.29. The fourth-order valence-corrected chi connectivity index (χ4v) is 4.46. The van der Waals surface area contributed by atoms with Gasteiger partial charge in [-0.2, -0.15) is 16.8 Å². The summed E-state index contributed by atoms with van der Waals surface area (Å²) in [7, 11) is -6.39. The number of aromatic hydroxyl groups is 1. The number of carbonyl (C=O) groups excluding carboxylic acids is 1. The SMILES string of the molecule is COc1ccc(Cc2ccc(N3CC(=O)NS3(=O)=O)c(O)c2)c(OS(C)(=O)=O)c1. The largest absolute Gasteiger partial charge is 0.506 e. The minimum absolute atomic E-state index is 0.0468. The number of anilines is 1. The fourth-order valence-electron chi connectivity index (χ4n) is 2.82. The van der Waals surface area contributed by atoms with Crippen LogP contribution in [0.15, 0.2) is 36.4 Å². The lowest BCUT2D eigenvalue weighted by Gasteiger charge is -2.17. The molecule has 0 atom stereocenters. The van der Waals surface area contributed by atoms with E-state index < -0.39 is 32.8 Å². The van der Waals surface area contributed by atoms with E-state index in [9.17, 15) is 26.7 Å². The van der Waals surface area contributed by atoms with Gasteiger partial charge < -0.3 is 14.0 Å². The number of phenols is 1. The van der Waals surface area contributed by atoms with Gasteiger partial charge in [-0.15, -0.1) is 0 Å². The first kappa shape index (κ1) is 20.7. The number of rotatable bonds is 6. The smallest absolute Gasteiger partial charge is 0.326 e. The highest BCUT2D eigenvalue weighted by Crippen LogP contribution is 2.33. The average molecular weight is 442 g/mol. The second kappa shape index (κ2) is 7.44. The molecule has 2 N–H and O–H groups in total. The van der Waals surface area contributed by atoms with E-state index in [1.807, 2.05) is 4.72 Å². The molecule has 0 unspecified atom stereocenters. The Balaban J connectivity index is 1.92. The highest BCUT2D eigenvalue weighted by molar-refractivity contribution is 7.92.